The van der Waals surface area contributed by atoms with Crippen molar-refractivity contribution in [1.82, 2.24) is 19.4 Å². The topological polar surface area (TPSA) is 91.8 Å². The highest BCUT2D eigenvalue weighted by Gasteiger charge is 2.46. The number of alkyl halides is 3. The van der Waals surface area contributed by atoms with Gasteiger partial charge in [0.1, 0.15) is 11.6 Å². The first-order valence-corrected chi connectivity index (χ1v) is 12.6. The lowest BCUT2D eigenvalue weighted by molar-refractivity contribution is -0.192. The van der Waals surface area contributed by atoms with Crippen molar-refractivity contribution in [3.05, 3.63) is 40.9 Å². The van der Waals surface area contributed by atoms with E-state index in [2.05, 4.69) is 44.1 Å². The third-order valence-corrected chi connectivity index (χ3v) is 7.09. The molecule has 1 amide bonds. The molecule has 2 aliphatic rings. The molecule has 0 unspecified atom stereocenters. The van der Waals surface area contributed by atoms with E-state index >= 15 is 0 Å². The molecule has 0 radical (unpaired) electrons. The number of furan rings is 1. The van der Waals surface area contributed by atoms with E-state index < -0.39 is 12.1 Å². The molecule has 0 atom stereocenters. The van der Waals surface area contributed by atoms with E-state index in [9.17, 15) is 18.0 Å². The van der Waals surface area contributed by atoms with Crippen LogP contribution in [0.2, 0.25) is 0 Å². The van der Waals surface area contributed by atoms with Crippen molar-refractivity contribution in [1.29, 1.82) is 0 Å². The van der Waals surface area contributed by atoms with Gasteiger partial charge in [-0.15, -0.1) is 0 Å². The fourth-order valence-electron chi connectivity index (χ4n) is 5.52. The predicted octanol–water partition coefficient (Wildman–Crippen LogP) is 4.95. The van der Waals surface area contributed by atoms with Crippen molar-refractivity contribution in [2.24, 2.45) is 5.92 Å². The molecule has 1 spiro atoms. The zero-order valence-electron chi connectivity index (χ0n) is 22.4. The van der Waals surface area contributed by atoms with Gasteiger partial charge < -0.3 is 23.9 Å². The molecule has 2 aromatic rings. The van der Waals surface area contributed by atoms with Crippen molar-refractivity contribution in [2.75, 3.05) is 26.2 Å². The molecule has 0 saturated carbocycles. The summed E-state index contributed by atoms with van der Waals surface area (Å²) in [6.07, 6.45) is -1.37. The van der Waals surface area contributed by atoms with Crippen LogP contribution in [-0.4, -0.2) is 68.7 Å². The Morgan fingerprint density at radius 1 is 1.16 bits per heavy atom. The van der Waals surface area contributed by atoms with Gasteiger partial charge in [0.2, 0.25) is 0 Å². The maximum atomic E-state index is 13.4. The van der Waals surface area contributed by atoms with E-state index in [0.29, 0.717) is 29.8 Å². The lowest BCUT2D eigenvalue weighted by atomic mass is 9.72. The second-order valence-electron chi connectivity index (χ2n) is 10.7. The summed E-state index contributed by atoms with van der Waals surface area (Å²) >= 11 is 0. The number of piperidine rings is 1. The number of carboxylic acid groups (broad SMARTS) is 1. The largest absolute Gasteiger partial charge is 0.490 e. The van der Waals surface area contributed by atoms with Crippen LogP contribution in [0, 0.1) is 19.8 Å². The fraction of sp³-hybridized carbons (Fsp3) is 0.654. The summed E-state index contributed by atoms with van der Waals surface area (Å²) in [5.41, 5.74) is 3.09. The van der Waals surface area contributed by atoms with Crippen LogP contribution in [0.5, 0.6) is 0 Å². The SMILES string of the molecule is Cc1occc1C(=O)N1Cc2c(nc(C)n2C(C)C)C2(CCN(CC(C)C)CC2)C1.O=C(O)C(F)(F)F. The van der Waals surface area contributed by atoms with Gasteiger partial charge in [0, 0.05) is 24.5 Å². The summed E-state index contributed by atoms with van der Waals surface area (Å²) in [4.78, 5) is 32.0. The number of carbonyl (C=O) groups is 2. The first kappa shape index (κ1) is 28.7. The zero-order chi connectivity index (χ0) is 27.7. The van der Waals surface area contributed by atoms with E-state index in [1.807, 2.05) is 11.8 Å². The van der Waals surface area contributed by atoms with Gasteiger partial charge in [-0.2, -0.15) is 13.2 Å². The number of carbonyl (C=O) groups excluding carboxylic acids is 1. The number of amides is 1. The molecule has 206 valence electrons. The highest BCUT2D eigenvalue weighted by atomic mass is 19.4. The van der Waals surface area contributed by atoms with Crippen LogP contribution in [0.3, 0.4) is 0 Å². The van der Waals surface area contributed by atoms with Gasteiger partial charge in [0.05, 0.1) is 29.8 Å². The third kappa shape index (κ3) is 6.19. The van der Waals surface area contributed by atoms with E-state index in [1.54, 1.807) is 12.3 Å². The standard InChI is InChI=1S/C24H36N4O2.C2HF3O2/c1-16(2)13-26-10-8-24(9-11-26)15-27(23(29)20-7-12-30-18(20)5)14-21-22(24)25-19(6)28(21)17(3)4;3-2(4,5)1(6)7/h7,12,16-17H,8-11,13-15H2,1-6H3;(H,6,7). The predicted molar refractivity (Wildman–Crippen MR) is 131 cm³/mol. The number of carboxylic acids is 1. The molecule has 2 aromatic heterocycles. The Balaban J connectivity index is 0.000000479. The van der Waals surface area contributed by atoms with E-state index in [1.165, 1.54) is 11.4 Å². The molecular formula is C26H37F3N4O4. The van der Waals surface area contributed by atoms with Crippen molar-refractivity contribution < 1.29 is 32.3 Å². The summed E-state index contributed by atoms with van der Waals surface area (Å²) in [6.45, 7) is 17.6. The molecule has 2 aliphatic heterocycles. The van der Waals surface area contributed by atoms with Crippen molar-refractivity contribution in [3.63, 3.8) is 0 Å². The molecule has 1 N–H and O–H groups in total. The number of halogens is 3. The highest BCUT2D eigenvalue weighted by molar-refractivity contribution is 5.95. The van der Waals surface area contributed by atoms with E-state index in [0.717, 1.165) is 44.8 Å². The molecule has 1 saturated heterocycles. The molecule has 1 fully saturated rings. The minimum Gasteiger partial charge on any atom is -0.475 e. The monoisotopic (exact) mass is 526 g/mol. The lowest BCUT2D eigenvalue weighted by Gasteiger charge is -2.47. The summed E-state index contributed by atoms with van der Waals surface area (Å²) in [6, 6.07) is 2.13. The Morgan fingerprint density at radius 3 is 2.22 bits per heavy atom. The van der Waals surface area contributed by atoms with Gasteiger partial charge in [0.15, 0.2) is 0 Å². The van der Waals surface area contributed by atoms with E-state index in [4.69, 9.17) is 19.3 Å². The smallest absolute Gasteiger partial charge is 0.475 e. The Morgan fingerprint density at radius 2 is 1.76 bits per heavy atom. The molecule has 0 aromatic carbocycles. The number of aromatic nitrogens is 2. The number of rotatable bonds is 4. The Labute approximate surface area is 215 Å². The van der Waals surface area contributed by atoms with Crippen LogP contribution >= 0.6 is 0 Å². The van der Waals surface area contributed by atoms with Gasteiger partial charge in [-0.25, -0.2) is 9.78 Å². The lowest BCUT2D eigenvalue weighted by Crippen LogP contribution is -2.54. The minimum absolute atomic E-state index is 0.0563. The zero-order valence-corrected chi connectivity index (χ0v) is 22.4. The number of aliphatic carboxylic acids is 1. The maximum absolute atomic E-state index is 13.4. The maximum Gasteiger partial charge on any atom is 0.490 e. The molecule has 11 heteroatoms. The molecular weight excluding hydrogens is 489 g/mol. The van der Waals surface area contributed by atoms with Crippen molar-refractivity contribution >= 4 is 11.9 Å². The molecule has 0 bridgehead atoms. The molecule has 4 heterocycles. The number of aryl methyl sites for hydroxylation is 2. The first-order chi connectivity index (χ1) is 17.2. The van der Waals surface area contributed by atoms with E-state index in [-0.39, 0.29) is 11.3 Å². The van der Waals surface area contributed by atoms with Crippen LogP contribution < -0.4 is 0 Å². The Hall–Kier alpha value is -2.82. The number of hydrogen-bond acceptors (Lipinski definition) is 5. The van der Waals surface area contributed by atoms with Crippen LogP contribution in [-0.2, 0) is 16.8 Å². The van der Waals surface area contributed by atoms with Gasteiger partial charge in [-0.3, -0.25) is 4.79 Å². The quantitative estimate of drug-likeness (QED) is 0.606. The van der Waals surface area contributed by atoms with Crippen LogP contribution in [0.1, 0.15) is 79.9 Å². The molecule has 37 heavy (non-hydrogen) atoms. The third-order valence-electron chi connectivity index (χ3n) is 7.09. The highest BCUT2D eigenvalue weighted by Crippen LogP contribution is 2.43. The molecule has 8 nitrogen and oxygen atoms in total. The fourth-order valence-corrected chi connectivity index (χ4v) is 5.52. The number of likely N-dealkylation sites (tertiary alicyclic amines) is 1. The number of imidazole rings is 1. The van der Waals surface area contributed by atoms with Gasteiger partial charge in [-0.05, 0) is 65.6 Å². The summed E-state index contributed by atoms with van der Waals surface area (Å²) in [7, 11) is 0. The van der Waals surface area contributed by atoms with Crippen molar-refractivity contribution in [2.45, 2.75) is 78.6 Å². The summed E-state index contributed by atoms with van der Waals surface area (Å²) in [5, 5.41) is 7.12. The van der Waals surface area contributed by atoms with Gasteiger partial charge in [-0.1, -0.05) is 13.8 Å². The average molecular weight is 527 g/mol. The number of fused-ring (bicyclic) bond motifs is 2. The van der Waals surface area contributed by atoms with Crippen LogP contribution in [0.15, 0.2) is 16.7 Å². The molecule has 4 rings (SSSR count). The van der Waals surface area contributed by atoms with Crippen LogP contribution in [0.4, 0.5) is 13.2 Å². The van der Waals surface area contributed by atoms with Gasteiger partial charge in [0.25, 0.3) is 5.91 Å². The Kier molecular flexibility index (Phi) is 8.46. The number of nitrogens with zero attached hydrogens (tertiary/aromatic N) is 4. The molecule has 0 aliphatic carbocycles. The number of hydrogen-bond donors (Lipinski definition) is 1. The summed E-state index contributed by atoms with van der Waals surface area (Å²) < 4.78 is 39.5. The minimum atomic E-state index is -5.08. The second kappa shape index (κ2) is 10.9. The summed E-state index contributed by atoms with van der Waals surface area (Å²) in [5.74, 6) is -0.254. The van der Waals surface area contributed by atoms with Crippen molar-refractivity contribution in [3.8, 4) is 0 Å². The Bertz CT molecular complexity index is 1110. The first-order valence-electron chi connectivity index (χ1n) is 12.6. The second-order valence-corrected chi connectivity index (χ2v) is 10.7. The van der Waals surface area contributed by atoms with Crippen LogP contribution in [0.25, 0.3) is 0 Å². The normalized spacial score (nSPS) is 17.6. The average Bonchev–Trinajstić information content (AvgIpc) is 3.37. The van der Waals surface area contributed by atoms with Gasteiger partial charge >= 0.3 is 12.1 Å².